The van der Waals surface area contributed by atoms with Gasteiger partial charge in [0, 0.05) is 19.1 Å². The Balaban J connectivity index is 1.52. The molecule has 1 fully saturated rings. The number of carbonyl (C=O) groups excluding carboxylic acids is 1. The normalized spacial score (nSPS) is 18.4. The first-order valence-corrected chi connectivity index (χ1v) is 9.19. The summed E-state index contributed by atoms with van der Waals surface area (Å²) in [4.78, 5) is 21.4. The van der Waals surface area contributed by atoms with Crippen molar-refractivity contribution in [2.24, 2.45) is 5.92 Å². The molecule has 1 aromatic heterocycles. The first-order valence-electron chi connectivity index (χ1n) is 9.19. The molecule has 0 bridgehead atoms. The van der Waals surface area contributed by atoms with Crippen LogP contribution in [0.25, 0.3) is 0 Å². The Morgan fingerprint density at radius 2 is 2.08 bits per heavy atom. The van der Waals surface area contributed by atoms with E-state index in [2.05, 4.69) is 58.3 Å². The van der Waals surface area contributed by atoms with Crippen molar-refractivity contribution in [1.29, 1.82) is 0 Å². The summed E-state index contributed by atoms with van der Waals surface area (Å²) in [6.07, 6.45) is 6.37. The molecule has 1 aliphatic heterocycles. The van der Waals surface area contributed by atoms with Crippen LogP contribution in [-0.2, 0) is 13.0 Å². The van der Waals surface area contributed by atoms with Gasteiger partial charge in [-0.2, -0.15) is 0 Å². The van der Waals surface area contributed by atoms with Crippen molar-refractivity contribution >= 4 is 5.91 Å². The van der Waals surface area contributed by atoms with Gasteiger partial charge in [0.25, 0.3) is 5.91 Å². The minimum absolute atomic E-state index is 0.0672. The number of aromatic amines is 1. The molecule has 0 unspecified atom stereocenters. The van der Waals surface area contributed by atoms with Crippen LogP contribution >= 0.6 is 0 Å². The van der Waals surface area contributed by atoms with Crippen molar-refractivity contribution < 1.29 is 4.79 Å². The number of nitrogens with zero attached hydrogens (tertiary/aromatic N) is 2. The zero-order valence-electron chi connectivity index (χ0n) is 15.2. The number of benzene rings is 1. The van der Waals surface area contributed by atoms with E-state index in [1.807, 2.05) is 0 Å². The van der Waals surface area contributed by atoms with Crippen molar-refractivity contribution in [2.45, 2.75) is 45.7 Å². The fourth-order valence-corrected chi connectivity index (χ4v) is 3.47. The van der Waals surface area contributed by atoms with E-state index >= 15 is 0 Å². The molecule has 1 saturated heterocycles. The Kier molecular flexibility index (Phi) is 5.87. The van der Waals surface area contributed by atoms with Gasteiger partial charge in [-0.1, -0.05) is 38.1 Å². The molecule has 0 radical (unpaired) electrons. The van der Waals surface area contributed by atoms with Crippen molar-refractivity contribution in [3.8, 4) is 0 Å². The van der Waals surface area contributed by atoms with E-state index < -0.39 is 0 Å². The van der Waals surface area contributed by atoms with Crippen LogP contribution < -0.4 is 5.32 Å². The molecule has 2 N–H and O–H groups in total. The standard InChI is InChI=1S/C20H28N4O/c1-15(2)10-16-5-7-17(8-6-16)12-24-9-3-4-18(13-24)23-20(25)19-11-21-14-22-19/h5-8,11,14-15,18H,3-4,9-10,12-13H2,1-2H3,(H,21,22)(H,23,25)/t18-/m0/s1. The van der Waals surface area contributed by atoms with Crippen LogP contribution in [0.4, 0.5) is 0 Å². The highest BCUT2D eigenvalue weighted by Gasteiger charge is 2.22. The number of carbonyl (C=O) groups is 1. The summed E-state index contributed by atoms with van der Waals surface area (Å²) in [5, 5.41) is 3.12. The molecule has 1 atom stereocenters. The highest BCUT2D eigenvalue weighted by atomic mass is 16.2. The molecular weight excluding hydrogens is 312 g/mol. The largest absolute Gasteiger partial charge is 0.347 e. The third-order valence-electron chi connectivity index (χ3n) is 4.66. The number of likely N-dealkylation sites (tertiary alicyclic amines) is 1. The number of H-pyrrole nitrogens is 1. The van der Waals surface area contributed by atoms with Crippen LogP contribution in [0.3, 0.4) is 0 Å². The van der Waals surface area contributed by atoms with Gasteiger partial charge in [-0.05, 0) is 42.9 Å². The molecule has 0 spiro atoms. The maximum atomic E-state index is 12.2. The summed E-state index contributed by atoms with van der Waals surface area (Å²) < 4.78 is 0. The monoisotopic (exact) mass is 340 g/mol. The fourth-order valence-electron chi connectivity index (χ4n) is 3.47. The lowest BCUT2D eigenvalue weighted by molar-refractivity contribution is 0.0896. The second-order valence-corrected chi connectivity index (χ2v) is 7.43. The number of hydrogen-bond donors (Lipinski definition) is 2. The zero-order valence-corrected chi connectivity index (χ0v) is 15.2. The molecular formula is C20H28N4O. The molecule has 0 aliphatic carbocycles. The van der Waals surface area contributed by atoms with E-state index in [0.29, 0.717) is 11.6 Å². The predicted molar refractivity (Wildman–Crippen MR) is 99.3 cm³/mol. The Hall–Kier alpha value is -2.14. The molecule has 1 aliphatic rings. The average Bonchev–Trinajstić information content (AvgIpc) is 3.11. The summed E-state index contributed by atoms with van der Waals surface area (Å²) in [5.74, 6) is 0.620. The highest BCUT2D eigenvalue weighted by Crippen LogP contribution is 2.16. The quantitative estimate of drug-likeness (QED) is 0.850. The summed E-state index contributed by atoms with van der Waals surface area (Å²) in [6, 6.07) is 9.17. The van der Waals surface area contributed by atoms with E-state index in [9.17, 15) is 4.79 Å². The minimum Gasteiger partial charge on any atom is -0.347 e. The predicted octanol–water partition coefficient (Wildman–Crippen LogP) is 3.00. The molecule has 1 aromatic carbocycles. The number of amides is 1. The Bertz CT molecular complexity index is 664. The summed E-state index contributed by atoms with van der Waals surface area (Å²) >= 11 is 0. The van der Waals surface area contributed by atoms with Gasteiger partial charge in [-0.15, -0.1) is 0 Å². The Morgan fingerprint density at radius 1 is 1.32 bits per heavy atom. The molecule has 2 heterocycles. The van der Waals surface area contributed by atoms with Crippen molar-refractivity contribution in [3.05, 3.63) is 53.6 Å². The molecule has 134 valence electrons. The Labute approximate surface area is 149 Å². The second kappa shape index (κ2) is 8.30. The zero-order chi connectivity index (χ0) is 17.6. The number of aromatic nitrogens is 2. The number of hydrogen-bond acceptors (Lipinski definition) is 3. The van der Waals surface area contributed by atoms with Gasteiger partial charge in [0.05, 0.1) is 12.5 Å². The van der Waals surface area contributed by atoms with E-state index in [0.717, 1.165) is 38.9 Å². The number of nitrogens with one attached hydrogen (secondary N) is 2. The minimum atomic E-state index is -0.0672. The SMILES string of the molecule is CC(C)Cc1ccc(CN2CCC[C@H](NC(=O)c3cnc[nH]3)C2)cc1. The van der Waals surface area contributed by atoms with E-state index in [4.69, 9.17) is 0 Å². The smallest absolute Gasteiger partial charge is 0.269 e. The van der Waals surface area contributed by atoms with Gasteiger partial charge in [0.2, 0.25) is 0 Å². The van der Waals surface area contributed by atoms with E-state index in [1.165, 1.54) is 17.5 Å². The number of imidazole rings is 1. The topological polar surface area (TPSA) is 61.0 Å². The molecule has 5 nitrogen and oxygen atoms in total. The maximum Gasteiger partial charge on any atom is 0.269 e. The lowest BCUT2D eigenvalue weighted by Crippen LogP contribution is -2.47. The molecule has 1 amide bonds. The van der Waals surface area contributed by atoms with Gasteiger partial charge in [0.1, 0.15) is 5.69 Å². The molecule has 2 aromatic rings. The van der Waals surface area contributed by atoms with Crippen molar-refractivity contribution in [3.63, 3.8) is 0 Å². The van der Waals surface area contributed by atoms with Crippen LogP contribution in [0.5, 0.6) is 0 Å². The maximum absolute atomic E-state index is 12.2. The van der Waals surface area contributed by atoms with E-state index in [-0.39, 0.29) is 11.9 Å². The fraction of sp³-hybridized carbons (Fsp3) is 0.500. The second-order valence-electron chi connectivity index (χ2n) is 7.43. The number of rotatable bonds is 6. The summed E-state index contributed by atoms with van der Waals surface area (Å²) in [7, 11) is 0. The van der Waals surface area contributed by atoms with Gasteiger partial charge in [-0.25, -0.2) is 4.98 Å². The molecule has 25 heavy (non-hydrogen) atoms. The van der Waals surface area contributed by atoms with Crippen LogP contribution in [0.2, 0.25) is 0 Å². The Morgan fingerprint density at radius 3 is 2.76 bits per heavy atom. The van der Waals surface area contributed by atoms with Gasteiger partial charge < -0.3 is 10.3 Å². The van der Waals surface area contributed by atoms with Crippen LogP contribution in [0, 0.1) is 5.92 Å². The molecule has 0 saturated carbocycles. The first kappa shape index (κ1) is 17.7. The van der Waals surface area contributed by atoms with Crippen LogP contribution in [0.1, 0.15) is 48.3 Å². The third-order valence-corrected chi connectivity index (χ3v) is 4.66. The van der Waals surface area contributed by atoms with Crippen molar-refractivity contribution in [1.82, 2.24) is 20.2 Å². The van der Waals surface area contributed by atoms with Gasteiger partial charge >= 0.3 is 0 Å². The molecule has 3 rings (SSSR count). The first-order chi connectivity index (χ1) is 12.1. The van der Waals surface area contributed by atoms with Crippen LogP contribution in [-0.4, -0.2) is 39.9 Å². The van der Waals surface area contributed by atoms with Crippen LogP contribution in [0.15, 0.2) is 36.8 Å². The summed E-state index contributed by atoms with van der Waals surface area (Å²) in [6.45, 7) is 7.43. The van der Waals surface area contributed by atoms with Gasteiger partial charge in [0.15, 0.2) is 0 Å². The van der Waals surface area contributed by atoms with E-state index in [1.54, 1.807) is 6.20 Å². The van der Waals surface area contributed by atoms with Gasteiger partial charge in [-0.3, -0.25) is 9.69 Å². The molecule has 5 heteroatoms. The highest BCUT2D eigenvalue weighted by molar-refractivity contribution is 5.92. The number of piperidine rings is 1. The third kappa shape index (κ3) is 5.16. The van der Waals surface area contributed by atoms with Crippen molar-refractivity contribution in [2.75, 3.05) is 13.1 Å². The lowest BCUT2D eigenvalue weighted by Gasteiger charge is -2.33. The average molecular weight is 340 g/mol. The lowest BCUT2D eigenvalue weighted by atomic mass is 10.0. The summed E-state index contributed by atoms with van der Waals surface area (Å²) in [5.41, 5.74) is 3.27.